The SMILES string of the molecule is CC1CCCC(N)(C(C)(C)C2(N)CCCC(C)C2)C1. The normalized spacial score (nSPS) is 45.2. The maximum atomic E-state index is 6.91. The summed E-state index contributed by atoms with van der Waals surface area (Å²) in [6.45, 7) is 9.40. The standard InChI is InChI=1S/C17H34N2/c1-13-7-5-9-16(18,11-13)15(3,4)17(19)10-6-8-14(2)12-17/h13-14H,5-12,18-19H2,1-4H3. The van der Waals surface area contributed by atoms with Gasteiger partial charge in [-0.1, -0.05) is 53.4 Å². The van der Waals surface area contributed by atoms with Crippen LogP contribution >= 0.6 is 0 Å². The van der Waals surface area contributed by atoms with Crippen LogP contribution in [0.25, 0.3) is 0 Å². The van der Waals surface area contributed by atoms with Crippen LogP contribution in [0.1, 0.15) is 79.1 Å². The van der Waals surface area contributed by atoms with Gasteiger partial charge in [0.15, 0.2) is 0 Å². The third-order valence-electron chi connectivity index (χ3n) is 6.55. The van der Waals surface area contributed by atoms with Crippen molar-refractivity contribution in [2.75, 3.05) is 0 Å². The molecule has 4 unspecified atom stereocenters. The minimum atomic E-state index is -0.0729. The van der Waals surface area contributed by atoms with Gasteiger partial charge < -0.3 is 11.5 Å². The molecular formula is C17H34N2. The summed E-state index contributed by atoms with van der Waals surface area (Å²) in [6, 6.07) is 0. The molecule has 112 valence electrons. The molecule has 0 bridgehead atoms. The van der Waals surface area contributed by atoms with Gasteiger partial charge in [0.1, 0.15) is 0 Å². The molecule has 2 aliphatic rings. The number of nitrogens with two attached hydrogens (primary N) is 2. The van der Waals surface area contributed by atoms with Crippen molar-refractivity contribution in [2.24, 2.45) is 28.7 Å². The Morgan fingerprint density at radius 3 is 1.53 bits per heavy atom. The third kappa shape index (κ3) is 2.58. The summed E-state index contributed by atoms with van der Waals surface area (Å²) in [5, 5.41) is 0. The highest BCUT2D eigenvalue weighted by molar-refractivity contribution is 5.13. The van der Waals surface area contributed by atoms with Gasteiger partial charge in [-0.2, -0.15) is 0 Å². The molecule has 0 aromatic heterocycles. The van der Waals surface area contributed by atoms with Gasteiger partial charge in [-0.05, 0) is 37.5 Å². The zero-order valence-corrected chi connectivity index (χ0v) is 13.5. The molecule has 2 fully saturated rings. The lowest BCUT2D eigenvalue weighted by molar-refractivity contribution is -0.0112. The number of rotatable bonds is 2. The van der Waals surface area contributed by atoms with E-state index in [-0.39, 0.29) is 16.5 Å². The molecule has 0 aromatic carbocycles. The van der Waals surface area contributed by atoms with E-state index >= 15 is 0 Å². The van der Waals surface area contributed by atoms with Crippen molar-refractivity contribution in [3.8, 4) is 0 Å². The van der Waals surface area contributed by atoms with Gasteiger partial charge in [-0.15, -0.1) is 0 Å². The first-order valence-electron chi connectivity index (χ1n) is 8.28. The van der Waals surface area contributed by atoms with Crippen molar-refractivity contribution in [3.63, 3.8) is 0 Å². The summed E-state index contributed by atoms with van der Waals surface area (Å²) < 4.78 is 0. The highest BCUT2D eigenvalue weighted by Gasteiger charge is 2.55. The van der Waals surface area contributed by atoms with Crippen molar-refractivity contribution in [1.82, 2.24) is 0 Å². The lowest BCUT2D eigenvalue weighted by Crippen LogP contribution is -2.69. The fourth-order valence-electron chi connectivity index (χ4n) is 4.81. The topological polar surface area (TPSA) is 52.0 Å². The highest BCUT2D eigenvalue weighted by atomic mass is 14.9. The lowest BCUT2D eigenvalue weighted by Gasteiger charge is -2.58. The Morgan fingerprint density at radius 2 is 1.21 bits per heavy atom. The maximum absolute atomic E-state index is 6.91. The lowest BCUT2D eigenvalue weighted by atomic mass is 9.51. The van der Waals surface area contributed by atoms with E-state index in [1.807, 2.05) is 0 Å². The molecule has 19 heavy (non-hydrogen) atoms. The monoisotopic (exact) mass is 266 g/mol. The second-order valence-corrected chi connectivity index (χ2v) is 8.34. The predicted octanol–water partition coefficient (Wildman–Crippen LogP) is 3.83. The second kappa shape index (κ2) is 5.04. The van der Waals surface area contributed by atoms with E-state index in [1.165, 1.54) is 25.7 Å². The molecule has 0 saturated heterocycles. The fourth-order valence-corrected chi connectivity index (χ4v) is 4.81. The molecule has 0 radical (unpaired) electrons. The summed E-state index contributed by atoms with van der Waals surface area (Å²) in [7, 11) is 0. The highest BCUT2D eigenvalue weighted by Crippen LogP contribution is 2.52. The Hall–Kier alpha value is -0.0800. The maximum Gasteiger partial charge on any atom is 0.0226 e. The molecular weight excluding hydrogens is 232 g/mol. The Bertz CT molecular complexity index is 295. The first kappa shape index (κ1) is 15.3. The largest absolute Gasteiger partial charge is 0.325 e. The molecule has 0 spiro atoms. The van der Waals surface area contributed by atoms with E-state index in [9.17, 15) is 0 Å². The van der Waals surface area contributed by atoms with Gasteiger partial charge in [0, 0.05) is 16.5 Å². The molecule has 2 nitrogen and oxygen atoms in total. The summed E-state index contributed by atoms with van der Waals surface area (Å²) in [5.74, 6) is 1.50. The summed E-state index contributed by atoms with van der Waals surface area (Å²) in [4.78, 5) is 0. The van der Waals surface area contributed by atoms with E-state index in [0.29, 0.717) is 0 Å². The van der Waals surface area contributed by atoms with Gasteiger partial charge in [0.2, 0.25) is 0 Å². The van der Waals surface area contributed by atoms with Crippen LogP contribution in [-0.4, -0.2) is 11.1 Å². The van der Waals surface area contributed by atoms with Gasteiger partial charge in [-0.3, -0.25) is 0 Å². The quantitative estimate of drug-likeness (QED) is 0.798. The van der Waals surface area contributed by atoms with Gasteiger partial charge in [0.05, 0.1) is 0 Å². The van der Waals surface area contributed by atoms with Crippen molar-refractivity contribution >= 4 is 0 Å². The first-order valence-corrected chi connectivity index (χ1v) is 8.28. The molecule has 2 heteroatoms. The van der Waals surface area contributed by atoms with Crippen LogP contribution in [0, 0.1) is 17.3 Å². The summed E-state index contributed by atoms with van der Waals surface area (Å²) in [6.07, 6.45) is 9.81. The Kier molecular flexibility index (Phi) is 4.06. The smallest absolute Gasteiger partial charge is 0.0226 e. The van der Waals surface area contributed by atoms with Gasteiger partial charge in [-0.25, -0.2) is 0 Å². The predicted molar refractivity (Wildman–Crippen MR) is 82.9 cm³/mol. The van der Waals surface area contributed by atoms with Crippen molar-refractivity contribution in [2.45, 2.75) is 90.1 Å². The number of hydrogen-bond acceptors (Lipinski definition) is 2. The van der Waals surface area contributed by atoms with E-state index < -0.39 is 0 Å². The van der Waals surface area contributed by atoms with Crippen molar-refractivity contribution in [1.29, 1.82) is 0 Å². The Balaban J connectivity index is 2.24. The summed E-state index contributed by atoms with van der Waals surface area (Å²) in [5.41, 5.74) is 13.7. The minimum absolute atomic E-state index is 0.0311. The van der Waals surface area contributed by atoms with Crippen LogP contribution in [0.2, 0.25) is 0 Å². The molecule has 0 aromatic rings. The average molecular weight is 266 g/mol. The van der Waals surface area contributed by atoms with Crippen LogP contribution in [0.15, 0.2) is 0 Å². The van der Waals surface area contributed by atoms with E-state index in [1.54, 1.807) is 0 Å². The Labute approximate surface area is 119 Å². The molecule has 4 N–H and O–H groups in total. The van der Waals surface area contributed by atoms with Crippen LogP contribution < -0.4 is 11.5 Å². The molecule has 0 amide bonds. The van der Waals surface area contributed by atoms with Crippen LogP contribution in [0.4, 0.5) is 0 Å². The zero-order chi connectivity index (χ0) is 14.3. The second-order valence-electron chi connectivity index (χ2n) is 8.34. The molecule has 0 heterocycles. The Morgan fingerprint density at radius 1 is 0.842 bits per heavy atom. The van der Waals surface area contributed by atoms with Crippen LogP contribution in [-0.2, 0) is 0 Å². The zero-order valence-electron chi connectivity index (χ0n) is 13.5. The van der Waals surface area contributed by atoms with Crippen molar-refractivity contribution in [3.05, 3.63) is 0 Å². The van der Waals surface area contributed by atoms with Gasteiger partial charge >= 0.3 is 0 Å². The van der Waals surface area contributed by atoms with E-state index in [0.717, 1.165) is 37.5 Å². The minimum Gasteiger partial charge on any atom is -0.325 e. The molecule has 2 saturated carbocycles. The third-order valence-corrected chi connectivity index (χ3v) is 6.55. The first-order chi connectivity index (χ1) is 8.70. The van der Waals surface area contributed by atoms with Crippen LogP contribution in [0.3, 0.4) is 0 Å². The molecule has 2 rings (SSSR count). The molecule has 0 aliphatic heterocycles. The van der Waals surface area contributed by atoms with Crippen molar-refractivity contribution < 1.29 is 0 Å². The summed E-state index contributed by atoms with van der Waals surface area (Å²) >= 11 is 0. The molecule has 2 aliphatic carbocycles. The van der Waals surface area contributed by atoms with Gasteiger partial charge in [0.25, 0.3) is 0 Å². The fraction of sp³-hybridized carbons (Fsp3) is 1.00. The molecule has 4 atom stereocenters. The van der Waals surface area contributed by atoms with E-state index in [4.69, 9.17) is 11.5 Å². The number of hydrogen-bond donors (Lipinski definition) is 2. The average Bonchev–Trinajstić information content (AvgIpc) is 2.27. The van der Waals surface area contributed by atoms with Crippen LogP contribution in [0.5, 0.6) is 0 Å². The van der Waals surface area contributed by atoms with E-state index in [2.05, 4.69) is 27.7 Å².